The van der Waals surface area contributed by atoms with Gasteiger partial charge in [-0.05, 0) is 111 Å². The summed E-state index contributed by atoms with van der Waals surface area (Å²) in [6.45, 7) is 8.38. The average Bonchev–Trinajstić information content (AvgIpc) is 3.40. The maximum absolute atomic E-state index is 6.37. The van der Waals surface area contributed by atoms with Crippen molar-refractivity contribution in [3.63, 3.8) is 0 Å². The first-order chi connectivity index (χ1) is 25.3. The Hall–Kier alpha value is -5.68. The molecule has 52 heavy (non-hydrogen) atoms. The monoisotopic (exact) mass is 672 g/mol. The standard InChI is InChI=1S/C48H37BO3/c1-47(2)48(3,4)52-49(51-47)33-26-24-32(25-27-33)45-40-15-7-5-13-38(40)44(39-14-6-8-16-41(39)45)31-22-20-30(21-23-31)34-28-29-43-46-36(34)17-11-18-37(46)35-12-9-10-19-42(35)50-43/h5-29H,1-4H3. The van der Waals surface area contributed by atoms with E-state index in [9.17, 15) is 0 Å². The smallest absolute Gasteiger partial charge is 0.456 e. The highest BCUT2D eigenvalue weighted by Gasteiger charge is 2.51. The molecule has 8 aromatic carbocycles. The van der Waals surface area contributed by atoms with Gasteiger partial charge in [-0.15, -0.1) is 0 Å². The van der Waals surface area contributed by atoms with Crippen molar-refractivity contribution in [1.29, 1.82) is 0 Å². The van der Waals surface area contributed by atoms with Gasteiger partial charge in [0.1, 0.15) is 11.5 Å². The van der Waals surface area contributed by atoms with Crippen molar-refractivity contribution in [3.8, 4) is 56.0 Å². The molecule has 0 N–H and O–H groups in total. The van der Waals surface area contributed by atoms with Gasteiger partial charge in [-0.3, -0.25) is 0 Å². The van der Waals surface area contributed by atoms with Crippen molar-refractivity contribution in [2.24, 2.45) is 0 Å². The second-order valence-electron chi connectivity index (χ2n) is 15.1. The molecule has 2 aliphatic heterocycles. The topological polar surface area (TPSA) is 27.7 Å². The van der Waals surface area contributed by atoms with Crippen LogP contribution in [0.3, 0.4) is 0 Å². The van der Waals surface area contributed by atoms with E-state index in [0.29, 0.717) is 0 Å². The first-order valence-corrected chi connectivity index (χ1v) is 18.1. The van der Waals surface area contributed by atoms with Crippen molar-refractivity contribution in [2.75, 3.05) is 0 Å². The third kappa shape index (κ3) is 4.68. The van der Waals surface area contributed by atoms with Crippen LogP contribution < -0.4 is 10.2 Å². The van der Waals surface area contributed by atoms with Gasteiger partial charge in [-0.25, -0.2) is 0 Å². The number of fused-ring (bicyclic) bond motifs is 4. The lowest BCUT2D eigenvalue weighted by Crippen LogP contribution is -2.41. The molecule has 0 atom stereocenters. The maximum atomic E-state index is 6.37. The molecule has 8 aromatic rings. The molecular weight excluding hydrogens is 635 g/mol. The Balaban J connectivity index is 1.07. The fraction of sp³-hybridized carbons (Fsp3) is 0.125. The average molecular weight is 673 g/mol. The second-order valence-corrected chi connectivity index (χ2v) is 15.1. The van der Waals surface area contributed by atoms with Crippen LogP contribution in [0.25, 0.3) is 76.8 Å². The molecule has 250 valence electrons. The van der Waals surface area contributed by atoms with Gasteiger partial charge >= 0.3 is 7.12 Å². The van der Waals surface area contributed by atoms with E-state index in [1.54, 1.807) is 0 Å². The molecule has 10 rings (SSSR count). The van der Waals surface area contributed by atoms with Gasteiger partial charge in [0.15, 0.2) is 0 Å². The van der Waals surface area contributed by atoms with Crippen LogP contribution in [0, 0.1) is 0 Å². The predicted molar refractivity (Wildman–Crippen MR) is 216 cm³/mol. The zero-order valence-electron chi connectivity index (χ0n) is 29.7. The van der Waals surface area contributed by atoms with E-state index in [1.807, 2.05) is 12.1 Å². The molecule has 0 aliphatic carbocycles. The summed E-state index contributed by atoms with van der Waals surface area (Å²) in [5.41, 5.74) is 9.84. The molecule has 0 unspecified atom stereocenters. The fourth-order valence-corrected chi connectivity index (χ4v) is 8.19. The summed E-state index contributed by atoms with van der Waals surface area (Å²) in [5.74, 6) is 1.81. The molecule has 2 heterocycles. The lowest BCUT2D eigenvalue weighted by molar-refractivity contribution is 0.00578. The summed E-state index contributed by atoms with van der Waals surface area (Å²) < 4.78 is 19.1. The Bertz CT molecular complexity index is 2640. The minimum Gasteiger partial charge on any atom is -0.456 e. The molecule has 0 aromatic heterocycles. The third-order valence-electron chi connectivity index (χ3n) is 11.5. The van der Waals surface area contributed by atoms with E-state index in [1.165, 1.54) is 71.3 Å². The van der Waals surface area contributed by atoms with E-state index < -0.39 is 7.12 Å². The zero-order valence-corrected chi connectivity index (χ0v) is 29.7. The Morgan fingerprint density at radius 1 is 0.385 bits per heavy atom. The summed E-state index contributed by atoms with van der Waals surface area (Å²) >= 11 is 0. The molecule has 1 fully saturated rings. The van der Waals surface area contributed by atoms with Crippen molar-refractivity contribution >= 4 is 44.9 Å². The van der Waals surface area contributed by atoms with Crippen LogP contribution in [-0.4, -0.2) is 18.3 Å². The number of benzene rings is 8. The molecule has 0 bridgehead atoms. The fourth-order valence-electron chi connectivity index (χ4n) is 8.19. The zero-order chi connectivity index (χ0) is 35.2. The highest BCUT2D eigenvalue weighted by molar-refractivity contribution is 6.62. The maximum Gasteiger partial charge on any atom is 0.494 e. The van der Waals surface area contributed by atoms with Gasteiger partial charge in [0.25, 0.3) is 0 Å². The van der Waals surface area contributed by atoms with Crippen LogP contribution in [0.4, 0.5) is 0 Å². The van der Waals surface area contributed by atoms with Crippen molar-refractivity contribution in [1.82, 2.24) is 0 Å². The second kappa shape index (κ2) is 11.4. The Morgan fingerprint density at radius 3 is 1.46 bits per heavy atom. The molecule has 3 nitrogen and oxygen atoms in total. The quantitative estimate of drug-likeness (QED) is 0.138. The molecule has 0 radical (unpaired) electrons. The summed E-state index contributed by atoms with van der Waals surface area (Å²) in [7, 11) is -0.391. The van der Waals surface area contributed by atoms with Crippen LogP contribution in [0.1, 0.15) is 27.7 Å². The number of rotatable bonds is 4. The normalized spacial score (nSPS) is 15.6. The van der Waals surface area contributed by atoms with Crippen molar-refractivity contribution in [3.05, 3.63) is 152 Å². The predicted octanol–water partition coefficient (Wildman–Crippen LogP) is 12.2. The summed E-state index contributed by atoms with van der Waals surface area (Å²) in [5, 5.41) is 7.29. The van der Waals surface area contributed by atoms with E-state index in [0.717, 1.165) is 22.5 Å². The van der Waals surface area contributed by atoms with Gasteiger partial charge in [0.2, 0.25) is 0 Å². The number of hydrogen-bond donors (Lipinski definition) is 0. The summed E-state index contributed by atoms with van der Waals surface area (Å²) in [4.78, 5) is 0. The van der Waals surface area contributed by atoms with E-state index in [-0.39, 0.29) is 11.2 Å². The number of para-hydroxylation sites is 1. The van der Waals surface area contributed by atoms with Gasteiger partial charge in [0.05, 0.1) is 11.2 Å². The SMILES string of the molecule is CC1(C)OB(c2ccc(-c3c4ccccc4c(-c4ccc(-c5ccc6c7c(cccc57)-c5ccccc5O6)cc4)c4ccccc34)cc2)OC1(C)C. The highest BCUT2D eigenvalue weighted by atomic mass is 16.7. The van der Waals surface area contributed by atoms with E-state index in [4.69, 9.17) is 14.0 Å². The van der Waals surface area contributed by atoms with Gasteiger partial charge in [-0.2, -0.15) is 0 Å². The molecule has 0 spiro atoms. The lowest BCUT2D eigenvalue weighted by atomic mass is 9.78. The van der Waals surface area contributed by atoms with Crippen LogP contribution in [0.15, 0.2) is 152 Å². The van der Waals surface area contributed by atoms with E-state index in [2.05, 4.69) is 167 Å². The van der Waals surface area contributed by atoms with E-state index >= 15 is 0 Å². The molecule has 0 saturated carbocycles. The highest BCUT2D eigenvalue weighted by Crippen LogP contribution is 2.49. The van der Waals surface area contributed by atoms with Crippen molar-refractivity contribution < 1.29 is 14.0 Å². The molecule has 1 saturated heterocycles. The van der Waals surface area contributed by atoms with Gasteiger partial charge in [0, 0.05) is 10.9 Å². The molecule has 4 heteroatoms. The summed E-state index contributed by atoms with van der Waals surface area (Å²) in [6.07, 6.45) is 0. The van der Waals surface area contributed by atoms with Crippen LogP contribution >= 0.6 is 0 Å². The minimum atomic E-state index is -0.391. The first kappa shape index (κ1) is 31.1. The Morgan fingerprint density at radius 2 is 0.865 bits per heavy atom. The van der Waals surface area contributed by atoms with Gasteiger partial charge < -0.3 is 14.0 Å². The largest absolute Gasteiger partial charge is 0.494 e. The molecule has 2 aliphatic rings. The molecular formula is C48H37BO3. The van der Waals surface area contributed by atoms with Crippen molar-refractivity contribution in [2.45, 2.75) is 38.9 Å². The Labute approximate surface area is 304 Å². The first-order valence-electron chi connectivity index (χ1n) is 18.1. The Kier molecular flexibility index (Phi) is 6.83. The lowest BCUT2D eigenvalue weighted by Gasteiger charge is -2.32. The number of ether oxygens (including phenoxy) is 1. The summed E-state index contributed by atoms with van der Waals surface area (Å²) in [6, 6.07) is 54.6. The number of hydrogen-bond acceptors (Lipinski definition) is 3. The minimum absolute atomic E-state index is 0.381. The van der Waals surface area contributed by atoms with Crippen LogP contribution in [-0.2, 0) is 9.31 Å². The van der Waals surface area contributed by atoms with Crippen LogP contribution in [0.2, 0.25) is 0 Å². The van der Waals surface area contributed by atoms with Gasteiger partial charge in [-0.1, -0.05) is 140 Å². The third-order valence-corrected chi connectivity index (χ3v) is 11.5. The van der Waals surface area contributed by atoms with Crippen LogP contribution in [0.5, 0.6) is 11.5 Å². The molecule has 0 amide bonds.